The van der Waals surface area contributed by atoms with E-state index >= 15 is 0 Å². The fraction of sp³-hybridized carbons (Fsp3) is 0.600. The lowest BCUT2D eigenvalue weighted by Gasteiger charge is -2.21. The predicted molar refractivity (Wildman–Crippen MR) is 69.7 cm³/mol. The molecule has 0 radical (unpaired) electrons. The average molecular weight is 278 g/mol. The molecular formula is C15H18O5. The summed E-state index contributed by atoms with van der Waals surface area (Å²) in [4.78, 5) is 24.2. The minimum atomic E-state index is -1.21. The summed E-state index contributed by atoms with van der Waals surface area (Å²) in [6, 6.07) is 0. The van der Waals surface area contributed by atoms with Gasteiger partial charge in [0.15, 0.2) is 5.41 Å². The number of hydrogen-bond acceptors (Lipinski definition) is 5. The van der Waals surface area contributed by atoms with Gasteiger partial charge in [0.25, 0.3) is 0 Å². The van der Waals surface area contributed by atoms with Crippen LogP contribution in [0.5, 0.6) is 0 Å². The Hall–Kier alpha value is -1.62. The molecule has 0 spiro atoms. The topological polar surface area (TPSA) is 61.8 Å². The monoisotopic (exact) mass is 278 g/mol. The van der Waals surface area contributed by atoms with Crippen molar-refractivity contribution < 1.29 is 23.8 Å². The minimum Gasteiger partial charge on any atom is -0.468 e. The van der Waals surface area contributed by atoms with Gasteiger partial charge in [-0.2, -0.15) is 0 Å². The maximum atomic E-state index is 12.1. The van der Waals surface area contributed by atoms with Gasteiger partial charge in [-0.15, -0.1) is 0 Å². The lowest BCUT2D eigenvalue weighted by atomic mass is 9.85. The highest BCUT2D eigenvalue weighted by Crippen LogP contribution is 2.50. The van der Waals surface area contributed by atoms with Gasteiger partial charge in [-0.3, -0.25) is 9.59 Å². The average Bonchev–Trinajstić information content (AvgIpc) is 3.06. The number of allylic oxidation sites excluding steroid dienone is 2. The molecule has 20 heavy (non-hydrogen) atoms. The molecule has 0 aromatic carbocycles. The number of ether oxygens (including phenoxy) is 3. The van der Waals surface area contributed by atoms with Crippen molar-refractivity contribution in [3.8, 4) is 0 Å². The second-order valence-corrected chi connectivity index (χ2v) is 5.67. The van der Waals surface area contributed by atoms with Crippen LogP contribution in [0.4, 0.5) is 0 Å². The number of fused-ring (bicyclic) bond motifs is 2. The first kappa shape index (κ1) is 13.4. The third-order valence-corrected chi connectivity index (χ3v) is 4.55. The Morgan fingerprint density at radius 3 is 1.90 bits per heavy atom. The highest BCUT2D eigenvalue weighted by Gasteiger charge is 2.54. The summed E-state index contributed by atoms with van der Waals surface area (Å²) in [6.45, 7) is 1.42. The molecule has 0 amide bonds. The number of rotatable bonds is 2. The summed E-state index contributed by atoms with van der Waals surface area (Å²) in [5, 5.41) is 0. The predicted octanol–water partition coefficient (Wildman–Crippen LogP) is 1.24. The second kappa shape index (κ2) is 4.74. The molecule has 108 valence electrons. The molecule has 5 nitrogen and oxygen atoms in total. The van der Waals surface area contributed by atoms with Crippen molar-refractivity contribution in [3.63, 3.8) is 0 Å². The normalized spacial score (nSPS) is 29.9. The number of esters is 2. The van der Waals surface area contributed by atoms with E-state index in [1.54, 1.807) is 0 Å². The Bertz CT molecular complexity index is 470. The first-order valence-corrected chi connectivity index (χ1v) is 6.77. The Balaban J connectivity index is 1.96. The van der Waals surface area contributed by atoms with E-state index in [9.17, 15) is 9.59 Å². The van der Waals surface area contributed by atoms with Crippen molar-refractivity contribution >= 4 is 11.9 Å². The van der Waals surface area contributed by atoms with Crippen LogP contribution in [0.15, 0.2) is 23.3 Å². The largest absolute Gasteiger partial charge is 0.468 e. The molecule has 0 bridgehead atoms. The molecule has 5 heteroatoms. The third-order valence-electron chi connectivity index (χ3n) is 4.55. The van der Waals surface area contributed by atoms with Crippen LogP contribution in [0.2, 0.25) is 0 Å². The van der Waals surface area contributed by atoms with E-state index in [0.29, 0.717) is 37.9 Å². The zero-order chi connectivity index (χ0) is 14.3. The molecular weight excluding hydrogens is 260 g/mol. The summed E-state index contributed by atoms with van der Waals surface area (Å²) in [6.07, 6.45) is 5.03. The van der Waals surface area contributed by atoms with Crippen molar-refractivity contribution in [1.82, 2.24) is 0 Å². The van der Waals surface area contributed by atoms with Gasteiger partial charge < -0.3 is 14.2 Å². The van der Waals surface area contributed by atoms with Gasteiger partial charge in [0.1, 0.15) is 0 Å². The smallest absolute Gasteiger partial charge is 0.323 e. The van der Waals surface area contributed by atoms with Crippen molar-refractivity contribution in [2.45, 2.75) is 12.8 Å². The van der Waals surface area contributed by atoms with Gasteiger partial charge in [0.05, 0.1) is 27.4 Å². The van der Waals surface area contributed by atoms with Gasteiger partial charge in [-0.05, 0) is 24.0 Å². The summed E-state index contributed by atoms with van der Waals surface area (Å²) >= 11 is 0. The standard InChI is InChI=1S/C15H18O5/c1-18-13(16)15(14(17)19-2)5-9-3-11-7-20-8-12(11)4-10(9)6-15/h3-4,11-12H,5-8H2,1-2H3/t11-,12+. The molecule has 2 atom stereocenters. The Morgan fingerprint density at radius 2 is 1.50 bits per heavy atom. The summed E-state index contributed by atoms with van der Waals surface area (Å²) in [5.74, 6) is -0.302. The van der Waals surface area contributed by atoms with Crippen LogP contribution in [0, 0.1) is 17.3 Å². The highest BCUT2D eigenvalue weighted by atomic mass is 16.5. The van der Waals surface area contributed by atoms with E-state index < -0.39 is 17.4 Å². The van der Waals surface area contributed by atoms with E-state index in [4.69, 9.17) is 14.2 Å². The molecule has 2 aliphatic carbocycles. The van der Waals surface area contributed by atoms with E-state index in [1.807, 2.05) is 0 Å². The van der Waals surface area contributed by atoms with Gasteiger partial charge in [0.2, 0.25) is 0 Å². The molecule has 0 N–H and O–H groups in total. The maximum Gasteiger partial charge on any atom is 0.323 e. The SMILES string of the molecule is COC(=O)C1(C(=O)OC)CC2=C[C@@H]3COC[C@@H]3C=C2C1. The lowest BCUT2D eigenvalue weighted by Crippen LogP contribution is -2.38. The molecule has 1 saturated heterocycles. The van der Waals surface area contributed by atoms with E-state index in [0.717, 1.165) is 11.1 Å². The zero-order valence-electron chi connectivity index (χ0n) is 11.7. The summed E-state index contributed by atoms with van der Waals surface area (Å²) < 4.78 is 15.2. The number of carbonyl (C=O) groups excluding carboxylic acids is 2. The fourth-order valence-corrected chi connectivity index (χ4v) is 3.48. The maximum absolute atomic E-state index is 12.1. The second-order valence-electron chi connectivity index (χ2n) is 5.67. The van der Waals surface area contributed by atoms with Crippen LogP contribution < -0.4 is 0 Å². The molecule has 3 rings (SSSR count). The van der Waals surface area contributed by atoms with Crippen LogP contribution in [0.3, 0.4) is 0 Å². The van der Waals surface area contributed by atoms with Crippen LogP contribution in [-0.4, -0.2) is 39.4 Å². The molecule has 2 fully saturated rings. The zero-order valence-corrected chi connectivity index (χ0v) is 11.7. The molecule has 0 aromatic heterocycles. The van der Waals surface area contributed by atoms with Crippen LogP contribution in [0.25, 0.3) is 0 Å². The number of hydrogen-bond donors (Lipinski definition) is 0. The Labute approximate surface area is 117 Å². The Kier molecular flexibility index (Phi) is 3.17. The molecule has 0 unspecified atom stereocenters. The molecule has 1 aliphatic heterocycles. The molecule has 3 aliphatic rings. The van der Waals surface area contributed by atoms with E-state index in [-0.39, 0.29) is 0 Å². The molecule has 1 saturated carbocycles. The highest BCUT2D eigenvalue weighted by molar-refractivity contribution is 6.02. The van der Waals surface area contributed by atoms with E-state index in [2.05, 4.69) is 12.2 Å². The first-order valence-electron chi connectivity index (χ1n) is 6.77. The quantitative estimate of drug-likeness (QED) is 0.562. The lowest BCUT2D eigenvalue weighted by molar-refractivity contribution is -0.168. The van der Waals surface area contributed by atoms with Crippen molar-refractivity contribution in [1.29, 1.82) is 0 Å². The van der Waals surface area contributed by atoms with Crippen molar-refractivity contribution in [2.75, 3.05) is 27.4 Å². The molecule has 0 aromatic rings. The van der Waals surface area contributed by atoms with Crippen LogP contribution in [-0.2, 0) is 23.8 Å². The van der Waals surface area contributed by atoms with Crippen molar-refractivity contribution in [3.05, 3.63) is 23.3 Å². The van der Waals surface area contributed by atoms with Gasteiger partial charge in [-0.1, -0.05) is 12.2 Å². The third kappa shape index (κ3) is 1.80. The van der Waals surface area contributed by atoms with Gasteiger partial charge >= 0.3 is 11.9 Å². The number of carbonyl (C=O) groups is 2. The van der Waals surface area contributed by atoms with Gasteiger partial charge in [-0.25, -0.2) is 0 Å². The number of methoxy groups -OCH3 is 2. The van der Waals surface area contributed by atoms with Crippen LogP contribution in [0.1, 0.15) is 12.8 Å². The van der Waals surface area contributed by atoms with E-state index in [1.165, 1.54) is 14.2 Å². The summed E-state index contributed by atoms with van der Waals surface area (Å²) in [7, 11) is 2.61. The first-order chi connectivity index (χ1) is 9.60. The molecule has 1 heterocycles. The fourth-order valence-electron chi connectivity index (χ4n) is 3.48. The van der Waals surface area contributed by atoms with Gasteiger partial charge in [0, 0.05) is 11.8 Å². The van der Waals surface area contributed by atoms with Crippen molar-refractivity contribution in [2.24, 2.45) is 17.3 Å². The summed E-state index contributed by atoms with van der Waals surface area (Å²) in [5.41, 5.74) is 0.917. The minimum absolute atomic E-state index is 0.361. The van der Waals surface area contributed by atoms with Crippen LogP contribution >= 0.6 is 0 Å². The Morgan fingerprint density at radius 1 is 1.05 bits per heavy atom.